The van der Waals surface area contributed by atoms with Crippen molar-refractivity contribution in [1.82, 2.24) is 14.8 Å². The highest BCUT2D eigenvalue weighted by Crippen LogP contribution is 2.38. The lowest BCUT2D eigenvalue weighted by Gasteiger charge is -2.10. The van der Waals surface area contributed by atoms with Gasteiger partial charge in [0.1, 0.15) is 16.5 Å². The molecule has 0 atom stereocenters. The minimum absolute atomic E-state index is 0.0292. The number of carbonyl (C=O) groups is 1. The van der Waals surface area contributed by atoms with Gasteiger partial charge in [-0.05, 0) is 61.1 Å². The summed E-state index contributed by atoms with van der Waals surface area (Å²) in [7, 11) is -4.24. The highest BCUT2D eigenvalue weighted by atomic mass is 32.2. The minimum atomic E-state index is -4.24. The molecule has 41 heavy (non-hydrogen) atoms. The van der Waals surface area contributed by atoms with E-state index in [2.05, 4.69) is 16.8 Å². The summed E-state index contributed by atoms with van der Waals surface area (Å²) in [5.41, 5.74) is 3.09. The van der Waals surface area contributed by atoms with E-state index in [-0.39, 0.29) is 23.6 Å². The fraction of sp³-hybridized carbons (Fsp3) is 0.276. The number of primary sulfonamides is 1. The van der Waals surface area contributed by atoms with Gasteiger partial charge in [-0.3, -0.25) is 0 Å². The molecule has 12 heteroatoms. The maximum absolute atomic E-state index is 14.8. The second-order valence-corrected chi connectivity index (χ2v) is 12.6. The zero-order chi connectivity index (χ0) is 29.5. The molecular weight excluding hydrogens is 570 g/mol. The fourth-order valence-corrected chi connectivity index (χ4v) is 5.77. The van der Waals surface area contributed by atoms with Gasteiger partial charge < -0.3 is 5.11 Å². The van der Waals surface area contributed by atoms with Crippen LogP contribution in [-0.4, -0.2) is 34.3 Å². The Bertz CT molecular complexity index is 1830. The molecule has 1 aliphatic carbocycles. The molecule has 0 amide bonds. The van der Waals surface area contributed by atoms with E-state index in [0.717, 1.165) is 42.0 Å². The first-order chi connectivity index (χ1) is 19.4. The number of thiazole rings is 1. The Morgan fingerprint density at radius 3 is 2.56 bits per heavy atom. The Morgan fingerprint density at radius 2 is 1.95 bits per heavy atom. The number of nitrogens with zero attached hydrogens (tertiary/aromatic N) is 3. The van der Waals surface area contributed by atoms with Crippen LogP contribution in [0.25, 0.3) is 16.4 Å². The molecule has 2 heterocycles. The molecule has 1 aliphatic rings. The number of hydrogen-bond acceptors (Lipinski definition) is 6. The molecule has 2 aromatic heterocycles. The summed E-state index contributed by atoms with van der Waals surface area (Å²) in [6.07, 6.45) is 2.81. The smallest absolute Gasteiger partial charge is 0.355 e. The number of sulfonamides is 1. The van der Waals surface area contributed by atoms with E-state index < -0.39 is 32.5 Å². The van der Waals surface area contributed by atoms with Gasteiger partial charge in [-0.15, -0.1) is 11.3 Å². The van der Waals surface area contributed by atoms with Gasteiger partial charge in [0, 0.05) is 28.8 Å². The number of halogens is 2. The van der Waals surface area contributed by atoms with Gasteiger partial charge in [-0.1, -0.05) is 31.8 Å². The first-order valence-electron chi connectivity index (χ1n) is 12.8. The minimum Gasteiger partial charge on any atom is -0.476 e. The molecule has 0 spiro atoms. The van der Waals surface area contributed by atoms with Crippen LogP contribution in [0, 0.1) is 35.3 Å². The van der Waals surface area contributed by atoms with Crippen LogP contribution in [0.4, 0.5) is 8.78 Å². The maximum Gasteiger partial charge on any atom is 0.355 e. The van der Waals surface area contributed by atoms with Gasteiger partial charge in [0.05, 0.1) is 17.0 Å². The quantitative estimate of drug-likeness (QED) is 0.270. The predicted octanol–water partition coefficient (Wildman–Crippen LogP) is 5.17. The van der Waals surface area contributed by atoms with Gasteiger partial charge in [-0.2, -0.15) is 5.10 Å². The van der Waals surface area contributed by atoms with Crippen molar-refractivity contribution >= 4 is 27.3 Å². The van der Waals surface area contributed by atoms with Crippen LogP contribution in [0.3, 0.4) is 0 Å². The number of aromatic nitrogens is 3. The molecular formula is C29H26F2N4O4S2. The third-order valence-electron chi connectivity index (χ3n) is 6.58. The van der Waals surface area contributed by atoms with Crippen molar-refractivity contribution in [3.63, 3.8) is 0 Å². The topological polar surface area (TPSA) is 128 Å². The lowest BCUT2D eigenvalue weighted by molar-refractivity contribution is 0.0691. The van der Waals surface area contributed by atoms with Crippen molar-refractivity contribution < 1.29 is 27.1 Å². The number of carboxylic acids is 1. The van der Waals surface area contributed by atoms with Gasteiger partial charge in [0.25, 0.3) is 0 Å². The van der Waals surface area contributed by atoms with Gasteiger partial charge in [0.2, 0.25) is 15.2 Å². The summed E-state index contributed by atoms with van der Waals surface area (Å²) in [5.74, 6) is 3.65. The number of aromatic carboxylic acids is 1. The predicted molar refractivity (Wildman–Crippen MR) is 150 cm³/mol. The molecule has 8 nitrogen and oxygen atoms in total. The maximum atomic E-state index is 14.8. The monoisotopic (exact) mass is 596 g/mol. The molecule has 1 fully saturated rings. The molecule has 4 aromatic rings. The fourth-order valence-electron chi connectivity index (χ4n) is 4.41. The van der Waals surface area contributed by atoms with E-state index in [4.69, 9.17) is 10.2 Å². The summed E-state index contributed by atoms with van der Waals surface area (Å²) in [6.45, 7) is 3.80. The van der Waals surface area contributed by atoms with E-state index >= 15 is 0 Å². The van der Waals surface area contributed by atoms with Crippen LogP contribution in [-0.2, 0) is 22.9 Å². The average molecular weight is 597 g/mol. The largest absolute Gasteiger partial charge is 0.476 e. The summed E-state index contributed by atoms with van der Waals surface area (Å²) < 4.78 is 54.6. The normalized spacial score (nSPS) is 13.3. The van der Waals surface area contributed by atoms with Crippen molar-refractivity contribution in [2.75, 3.05) is 0 Å². The molecule has 212 valence electrons. The number of rotatable bonds is 8. The Balaban J connectivity index is 1.70. The van der Waals surface area contributed by atoms with Crippen molar-refractivity contribution in [1.29, 1.82) is 0 Å². The lowest BCUT2D eigenvalue weighted by Crippen LogP contribution is -2.14. The SMILES string of the molecule is CC(C)C#Cc1cc(-c2nn(-c3nc(C(=O)O)cs3)c(CC3CC3)c2Cc2ccc(S(N)(=O)=O)c(F)c2)ccc1F. The molecule has 2 aromatic carbocycles. The molecule has 0 unspecified atom stereocenters. The molecule has 3 N–H and O–H groups in total. The molecule has 0 aliphatic heterocycles. The number of carboxylic acid groups (broad SMARTS) is 1. The molecule has 0 saturated heterocycles. The van der Waals surface area contributed by atoms with Crippen molar-refractivity contribution in [3.05, 3.63) is 81.5 Å². The highest BCUT2D eigenvalue weighted by molar-refractivity contribution is 7.89. The van der Waals surface area contributed by atoms with E-state index in [0.29, 0.717) is 39.9 Å². The second-order valence-electron chi connectivity index (χ2n) is 10.3. The summed E-state index contributed by atoms with van der Waals surface area (Å²) >= 11 is 1.13. The summed E-state index contributed by atoms with van der Waals surface area (Å²) in [6, 6.07) is 8.25. The van der Waals surface area contributed by atoms with Gasteiger partial charge in [-0.25, -0.2) is 36.8 Å². The van der Waals surface area contributed by atoms with Crippen LogP contribution < -0.4 is 5.14 Å². The third-order valence-corrected chi connectivity index (χ3v) is 8.34. The third kappa shape index (κ3) is 6.37. The zero-order valence-electron chi connectivity index (χ0n) is 22.2. The van der Waals surface area contributed by atoms with Gasteiger partial charge >= 0.3 is 5.97 Å². The lowest BCUT2D eigenvalue weighted by atomic mass is 9.96. The van der Waals surface area contributed by atoms with Crippen LogP contribution >= 0.6 is 11.3 Å². The number of nitrogens with two attached hydrogens (primary N) is 1. The van der Waals surface area contributed by atoms with Crippen molar-refractivity contribution in [2.24, 2.45) is 17.0 Å². The van der Waals surface area contributed by atoms with E-state index in [1.165, 1.54) is 17.5 Å². The summed E-state index contributed by atoms with van der Waals surface area (Å²) in [5, 5.41) is 21.2. The van der Waals surface area contributed by atoms with Gasteiger partial charge in [0.15, 0.2) is 5.69 Å². The van der Waals surface area contributed by atoms with Crippen LogP contribution in [0.2, 0.25) is 0 Å². The first kappa shape index (κ1) is 28.6. The first-order valence-corrected chi connectivity index (χ1v) is 15.3. The zero-order valence-corrected chi connectivity index (χ0v) is 23.8. The van der Waals surface area contributed by atoms with E-state index in [1.807, 2.05) is 13.8 Å². The Kier molecular flexibility index (Phi) is 7.78. The Labute approximate surface area is 239 Å². The van der Waals surface area contributed by atoms with E-state index in [9.17, 15) is 27.1 Å². The molecule has 5 rings (SSSR count). The standard InChI is InChI=1S/C29H26F2N4O4S2/c1-16(2)3-7-19-14-20(8-9-22(19)30)27-21(11-18-6-10-26(23(31)12-18)41(32,38)39)25(13-17-4-5-17)35(34-27)29-33-24(15-40-29)28(36)37/h6,8-10,12,14-17H,4-5,11,13H2,1-2H3,(H,36,37)(H2,32,38,39). The Hall–Kier alpha value is -3.92. The van der Waals surface area contributed by atoms with Crippen LogP contribution in [0.5, 0.6) is 0 Å². The molecule has 0 bridgehead atoms. The molecule has 0 radical (unpaired) electrons. The molecule has 1 saturated carbocycles. The number of benzene rings is 2. The highest BCUT2D eigenvalue weighted by Gasteiger charge is 2.29. The van der Waals surface area contributed by atoms with Crippen molar-refractivity contribution in [3.8, 4) is 28.2 Å². The van der Waals surface area contributed by atoms with Crippen molar-refractivity contribution in [2.45, 2.75) is 44.4 Å². The number of hydrogen-bond donors (Lipinski definition) is 2. The van der Waals surface area contributed by atoms with E-state index in [1.54, 1.807) is 16.8 Å². The Morgan fingerprint density at radius 1 is 1.20 bits per heavy atom. The average Bonchev–Trinajstić information content (AvgIpc) is 3.45. The van der Waals surface area contributed by atoms with Crippen LogP contribution in [0.15, 0.2) is 46.7 Å². The van der Waals surface area contributed by atoms with Crippen LogP contribution in [0.1, 0.15) is 59.6 Å². The summed E-state index contributed by atoms with van der Waals surface area (Å²) in [4.78, 5) is 15.2. The second kappa shape index (κ2) is 11.2.